The van der Waals surface area contributed by atoms with Gasteiger partial charge in [0.15, 0.2) is 0 Å². The van der Waals surface area contributed by atoms with E-state index in [1.54, 1.807) is 17.1 Å². The molecule has 0 radical (unpaired) electrons. The van der Waals surface area contributed by atoms with Gasteiger partial charge in [-0.25, -0.2) is 0 Å². The van der Waals surface area contributed by atoms with Crippen LogP contribution in [0.5, 0.6) is 0 Å². The van der Waals surface area contributed by atoms with Gasteiger partial charge in [0.2, 0.25) is 0 Å². The Bertz CT molecular complexity index is 379. The molecule has 0 saturated carbocycles. The Hall–Kier alpha value is -1.07. The zero-order chi connectivity index (χ0) is 13.1. The van der Waals surface area contributed by atoms with E-state index >= 15 is 0 Å². The number of aliphatic hydroxyl groups is 1. The molecule has 2 heterocycles. The second kappa shape index (κ2) is 5.71. The lowest BCUT2D eigenvalue weighted by Crippen LogP contribution is -2.43. The molecule has 5 nitrogen and oxygen atoms in total. The van der Waals surface area contributed by atoms with Gasteiger partial charge in [0.1, 0.15) is 0 Å². The van der Waals surface area contributed by atoms with E-state index in [0.29, 0.717) is 18.2 Å². The van der Waals surface area contributed by atoms with Gasteiger partial charge in [-0.05, 0) is 24.8 Å². The van der Waals surface area contributed by atoms with E-state index < -0.39 is 0 Å². The van der Waals surface area contributed by atoms with Crippen LogP contribution in [0.3, 0.4) is 0 Å². The average molecular weight is 252 g/mol. The van der Waals surface area contributed by atoms with Crippen LogP contribution in [0.15, 0.2) is 12.4 Å². The highest BCUT2D eigenvalue weighted by Crippen LogP contribution is 2.22. The van der Waals surface area contributed by atoms with Crippen molar-refractivity contribution in [1.29, 1.82) is 0 Å². The van der Waals surface area contributed by atoms with Crippen molar-refractivity contribution < 1.29 is 5.11 Å². The maximum absolute atomic E-state index is 10.1. The first kappa shape index (κ1) is 13.4. The molecule has 3 unspecified atom stereocenters. The van der Waals surface area contributed by atoms with Crippen LogP contribution in [0.4, 0.5) is 5.69 Å². The summed E-state index contributed by atoms with van der Waals surface area (Å²) in [5.74, 6) is 1.51. The summed E-state index contributed by atoms with van der Waals surface area (Å²) in [5.41, 5.74) is 6.24. The maximum atomic E-state index is 10.1. The first-order chi connectivity index (χ1) is 8.54. The standard InChI is InChI=1S/C13H24N4O/c1-10-3-4-16(6-11(10)2)8-13(18)9-17-7-12(14)5-15-17/h5,7,10-11,13,18H,3-4,6,8-9,14H2,1-2H3. The van der Waals surface area contributed by atoms with Crippen molar-refractivity contribution in [3.8, 4) is 0 Å². The van der Waals surface area contributed by atoms with Gasteiger partial charge in [0, 0.05) is 19.3 Å². The molecule has 1 aliphatic rings. The molecule has 0 spiro atoms. The lowest BCUT2D eigenvalue weighted by atomic mass is 9.88. The Morgan fingerprint density at radius 2 is 2.22 bits per heavy atom. The minimum atomic E-state index is -0.384. The number of hydrogen-bond acceptors (Lipinski definition) is 4. The van der Waals surface area contributed by atoms with Gasteiger partial charge >= 0.3 is 0 Å². The number of β-amino-alcohol motifs (C(OH)–C–C–N with tert-alkyl or cyclic N) is 1. The smallest absolute Gasteiger partial charge is 0.0862 e. The Balaban J connectivity index is 1.79. The largest absolute Gasteiger partial charge is 0.396 e. The van der Waals surface area contributed by atoms with Gasteiger partial charge in [0.25, 0.3) is 0 Å². The van der Waals surface area contributed by atoms with Gasteiger partial charge in [-0.15, -0.1) is 0 Å². The first-order valence-corrected chi connectivity index (χ1v) is 6.73. The Kier molecular flexibility index (Phi) is 4.24. The fraction of sp³-hybridized carbons (Fsp3) is 0.769. The number of anilines is 1. The molecule has 1 aromatic rings. The minimum absolute atomic E-state index is 0.384. The summed E-state index contributed by atoms with van der Waals surface area (Å²) in [6.07, 6.45) is 4.20. The van der Waals surface area contributed by atoms with E-state index in [4.69, 9.17) is 5.73 Å². The average Bonchev–Trinajstić information content (AvgIpc) is 2.69. The number of nitrogen functional groups attached to an aromatic ring is 1. The molecule has 1 aliphatic heterocycles. The predicted octanol–water partition coefficient (Wildman–Crippen LogP) is 0.804. The molecular weight excluding hydrogens is 228 g/mol. The second-order valence-corrected chi connectivity index (χ2v) is 5.65. The molecule has 18 heavy (non-hydrogen) atoms. The molecule has 1 saturated heterocycles. The molecule has 0 amide bonds. The number of rotatable bonds is 4. The Labute approximate surface area is 109 Å². The molecule has 0 aliphatic carbocycles. The summed E-state index contributed by atoms with van der Waals surface area (Å²) in [7, 11) is 0. The number of hydrogen-bond donors (Lipinski definition) is 2. The number of nitrogens with two attached hydrogens (primary N) is 1. The summed E-state index contributed by atoms with van der Waals surface area (Å²) in [5, 5.41) is 14.2. The van der Waals surface area contributed by atoms with Crippen molar-refractivity contribution in [1.82, 2.24) is 14.7 Å². The molecule has 102 valence electrons. The van der Waals surface area contributed by atoms with Crippen molar-refractivity contribution in [3.05, 3.63) is 12.4 Å². The maximum Gasteiger partial charge on any atom is 0.0862 e. The van der Waals surface area contributed by atoms with Crippen LogP contribution < -0.4 is 5.73 Å². The summed E-state index contributed by atoms with van der Waals surface area (Å²) >= 11 is 0. The van der Waals surface area contributed by atoms with Gasteiger partial charge in [-0.2, -0.15) is 5.10 Å². The molecule has 1 aromatic heterocycles. The fourth-order valence-electron chi connectivity index (χ4n) is 2.57. The Morgan fingerprint density at radius 3 is 2.83 bits per heavy atom. The highest BCUT2D eigenvalue weighted by atomic mass is 16.3. The summed E-state index contributed by atoms with van der Waals surface area (Å²) in [6.45, 7) is 8.00. The van der Waals surface area contributed by atoms with Crippen molar-refractivity contribution in [2.45, 2.75) is 32.9 Å². The van der Waals surface area contributed by atoms with Crippen molar-refractivity contribution in [2.75, 3.05) is 25.4 Å². The van der Waals surface area contributed by atoms with E-state index in [-0.39, 0.29) is 6.10 Å². The number of aromatic nitrogens is 2. The fourth-order valence-corrected chi connectivity index (χ4v) is 2.57. The number of aliphatic hydroxyl groups excluding tert-OH is 1. The number of nitrogens with zero attached hydrogens (tertiary/aromatic N) is 3. The molecule has 0 aromatic carbocycles. The number of likely N-dealkylation sites (tertiary alicyclic amines) is 1. The van der Waals surface area contributed by atoms with Gasteiger partial charge < -0.3 is 15.7 Å². The van der Waals surface area contributed by atoms with Crippen molar-refractivity contribution in [2.24, 2.45) is 11.8 Å². The third-order valence-corrected chi connectivity index (χ3v) is 3.94. The molecule has 0 bridgehead atoms. The summed E-state index contributed by atoms with van der Waals surface area (Å²) < 4.78 is 1.70. The zero-order valence-electron chi connectivity index (χ0n) is 11.3. The van der Waals surface area contributed by atoms with E-state index in [1.807, 2.05) is 0 Å². The quantitative estimate of drug-likeness (QED) is 0.832. The van der Waals surface area contributed by atoms with Crippen LogP contribution in [0.25, 0.3) is 0 Å². The minimum Gasteiger partial charge on any atom is -0.396 e. The van der Waals surface area contributed by atoms with E-state index in [9.17, 15) is 5.11 Å². The normalized spacial score (nSPS) is 27.3. The van der Waals surface area contributed by atoms with Crippen LogP contribution in [-0.4, -0.2) is 45.5 Å². The molecular formula is C13H24N4O. The molecule has 5 heteroatoms. The lowest BCUT2D eigenvalue weighted by molar-refractivity contribution is 0.0602. The van der Waals surface area contributed by atoms with Gasteiger partial charge in [-0.3, -0.25) is 4.68 Å². The molecule has 3 atom stereocenters. The predicted molar refractivity (Wildman–Crippen MR) is 72.0 cm³/mol. The second-order valence-electron chi connectivity index (χ2n) is 5.65. The molecule has 3 N–H and O–H groups in total. The van der Waals surface area contributed by atoms with E-state index in [1.165, 1.54) is 6.42 Å². The third-order valence-electron chi connectivity index (χ3n) is 3.94. The van der Waals surface area contributed by atoms with Crippen LogP contribution in [0.1, 0.15) is 20.3 Å². The van der Waals surface area contributed by atoms with Gasteiger partial charge in [-0.1, -0.05) is 13.8 Å². The van der Waals surface area contributed by atoms with Crippen molar-refractivity contribution >= 4 is 5.69 Å². The number of piperidine rings is 1. The summed E-state index contributed by atoms with van der Waals surface area (Å²) in [4.78, 5) is 2.35. The topological polar surface area (TPSA) is 67.3 Å². The van der Waals surface area contributed by atoms with E-state index in [2.05, 4.69) is 23.8 Å². The highest BCUT2D eigenvalue weighted by molar-refractivity contribution is 5.30. The first-order valence-electron chi connectivity index (χ1n) is 6.73. The molecule has 1 fully saturated rings. The van der Waals surface area contributed by atoms with Gasteiger partial charge in [0.05, 0.1) is 24.5 Å². The highest BCUT2D eigenvalue weighted by Gasteiger charge is 2.24. The van der Waals surface area contributed by atoms with Crippen molar-refractivity contribution in [3.63, 3.8) is 0 Å². The monoisotopic (exact) mass is 252 g/mol. The SMILES string of the molecule is CC1CCN(CC(O)Cn2cc(N)cn2)CC1C. The zero-order valence-corrected chi connectivity index (χ0v) is 11.3. The summed E-state index contributed by atoms with van der Waals surface area (Å²) in [6, 6.07) is 0. The lowest BCUT2D eigenvalue weighted by Gasteiger charge is -2.36. The Morgan fingerprint density at radius 1 is 1.44 bits per heavy atom. The van der Waals surface area contributed by atoms with Crippen LogP contribution in [0.2, 0.25) is 0 Å². The molecule has 2 rings (SSSR count). The van der Waals surface area contributed by atoms with Crippen LogP contribution >= 0.6 is 0 Å². The van der Waals surface area contributed by atoms with Crippen LogP contribution in [-0.2, 0) is 6.54 Å². The van der Waals surface area contributed by atoms with E-state index in [0.717, 1.165) is 25.6 Å². The van der Waals surface area contributed by atoms with Crippen LogP contribution in [0, 0.1) is 11.8 Å². The third kappa shape index (κ3) is 3.46.